The summed E-state index contributed by atoms with van der Waals surface area (Å²) >= 11 is 0. The molecule has 4 rings (SSSR count). The summed E-state index contributed by atoms with van der Waals surface area (Å²) in [5.74, 6) is 0.542. The first-order valence-corrected chi connectivity index (χ1v) is 10.2. The monoisotopic (exact) mass is 371 g/mol. The summed E-state index contributed by atoms with van der Waals surface area (Å²) in [6.45, 7) is 4.78. The van der Waals surface area contributed by atoms with E-state index in [1.165, 1.54) is 0 Å². The summed E-state index contributed by atoms with van der Waals surface area (Å²) < 4.78 is 5.51. The highest BCUT2D eigenvalue weighted by Gasteiger charge is 2.41. The van der Waals surface area contributed by atoms with Crippen LogP contribution in [0.25, 0.3) is 0 Å². The number of ether oxygens (including phenoxy) is 1. The Balaban J connectivity index is 1.50. The Bertz CT molecular complexity index is 698. The second kappa shape index (κ2) is 7.97. The molecule has 1 aromatic heterocycles. The zero-order valence-corrected chi connectivity index (χ0v) is 16.1. The number of nitrogens with zero attached hydrogens (tertiary/aromatic N) is 3. The lowest BCUT2D eigenvalue weighted by molar-refractivity contribution is -0.141. The number of carbonyl (C=O) groups is 2. The summed E-state index contributed by atoms with van der Waals surface area (Å²) in [6, 6.07) is 2.27. The predicted octanol–water partition coefficient (Wildman–Crippen LogP) is 2.41. The van der Waals surface area contributed by atoms with Crippen LogP contribution in [0.5, 0.6) is 0 Å². The van der Waals surface area contributed by atoms with Gasteiger partial charge in [0.2, 0.25) is 5.91 Å². The van der Waals surface area contributed by atoms with E-state index in [2.05, 4.69) is 9.88 Å². The summed E-state index contributed by atoms with van der Waals surface area (Å²) in [4.78, 5) is 34.3. The van der Waals surface area contributed by atoms with Crippen molar-refractivity contribution in [3.8, 4) is 0 Å². The van der Waals surface area contributed by atoms with Gasteiger partial charge in [0.05, 0.1) is 5.56 Å². The van der Waals surface area contributed by atoms with Crippen LogP contribution in [0.15, 0.2) is 18.5 Å². The fraction of sp³-hybridized carbons (Fsp3) is 0.667. The van der Waals surface area contributed by atoms with Crippen molar-refractivity contribution in [3.63, 3.8) is 0 Å². The summed E-state index contributed by atoms with van der Waals surface area (Å²) in [5.41, 5.74) is 1.63. The Morgan fingerprint density at radius 3 is 2.59 bits per heavy atom. The van der Waals surface area contributed by atoms with E-state index < -0.39 is 0 Å². The van der Waals surface area contributed by atoms with Crippen LogP contribution in [0.4, 0.5) is 0 Å². The average Bonchev–Trinajstić information content (AvgIpc) is 3.54. The van der Waals surface area contributed by atoms with Crippen LogP contribution in [0, 0.1) is 12.8 Å². The molecule has 0 aromatic carbocycles. The smallest absolute Gasteiger partial charge is 0.255 e. The number of likely N-dealkylation sites (tertiary alicyclic amines) is 1. The van der Waals surface area contributed by atoms with E-state index in [0.717, 1.165) is 63.8 Å². The SMILES string of the molecule is Cc1cncc(C(=O)N2CCCC(N(C(=O)C3CC3)C3CCOCC3)C2)c1. The van der Waals surface area contributed by atoms with Crippen molar-refractivity contribution in [1.29, 1.82) is 0 Å². The van der Waals surface area contributed by atoms with Gasteiger partial charge in [-0.05, 0) is 57.1 Å². The topological polar surface area (TPSA) is 62.7 Å². The lowest BCUT2D eigenvalue weighted by Crippen LogP contribution is -2.56. The minimum absolute atomic E-state index is 0.0294. The number of piperidine rings is 1. The standard InChI is InChI=1S/C21H29N3O3/c1-15-11-17(13-22-12-15)20(25)23-8-2-3-19(14-23)24(21(26)16-4-5-16)18-6-9-27-10-7-18/h11-13,16,18-19H,2-10,14H2,1H3. The zero-order chi connectivity index (χ0) is 18.8. The van der Waals surface area contributed by atoms with Gasteiger partial charge >= 0.3 is 0 Å². The third-order valence-corrected chi connectivity index (χ3v) is 5.96. The van der Waals surface area contributed by atoms with Crippen LogP contribution >= 0.6 is 0 Å². The van der Waals surface area contributed by atoms with Crippen molar-refractivity contribution < 1.29 is 14.3 Å². The van der Waals surface area contributed by atoms with Gasteiger partial charge in [0, 0.05) is 56.7 Å². The van der Waals surface area contributed by atoms with Crippen LogP contribution in [0.2, 0.25) is 0 Å². The van der Waals surface area contributed by atoms with Crippen LogP contribution in [-0.2, 0) is 9.53 Å². The fourth-order valence-corrected chi connectivity index (χ4v) is 4.38. The van der Waals surface area contributed by atoms with E-state index in [1.54, 1.807) is 12.4 Å². The van der Waals surface area contributed by atoms with Crippen molar-refractivity contribution in [2.45, 2.75) is 57.5 Å². The first-order valence-electron chi connectivity index (χ1n) is 10.2. The molecule has 3 heterocycles. The Labute approximate surface area is 160 Å². The Hall–Kier alpha value is -1.95. The highest BCUT2D eigenvalue weighted by Crippen LogP contribution is 2.35. The molecule has 3 fully saturated rings. The maximum Gasteiger partial charge on any atom is 0.255 e. The molecular weight excluding hydrogens is 342 g/mol. The highest BCUT2D eigenvalue weighted by atomic mass is 16.5. The van der Waals surface area contributed by atoms with Crippen molar-refractivity contribution in [2.24, 2.45) is 5.92 Å². The van der Waals surface area contributed by atoms with Crippen LogP contribution < -0.4 is 0 Å². The van der Waals surface area contributed by atoms with Gasteiger partial charge < -0.3 is 14.5 Å². The number of rotatable bonds is 4. The largest absolute Gasteiger partial charge is 0.381 e. The van der Waals surface area contributed by atoms with Crippen molar-refractivity contribution in [2.75, 3.05) is 26.3 Å². The molecule has 27 heavy (non-hydrogen) atoms. The van der Waals surface area contributed by atoms with E-state index in [1.807, 2.05) is 17.9 Å². The lowest BCUT2D eigenvalue weighted by Gasteiger charge is -2.44. The second-order valence-electron chi connectivity index (χ2n) is 8.16. The van der Waals surface area contributed by atoms with E-state index in [9.17, 15) is 9.59 Å². The molecule has 2 saturated heterocycles. The molecule has 1 saturated carbocycles. The molecule has 1 aromatic rings. The second-order valence-corrected chi connectivity index (χ2v) is 8.16. The first-order chi connectivity index (χ1) is 13.1. The van der Waals surface area contributed by atoms with Gasteiger partial charge in [-0.2, -0.15) is 0 Å². The normalized spacial score (nSPS) is 23.9. The number of hydrogen-bond acceptors (Lipinski definition) is 4. The van der Waals surface area contributed by atoms with Gasteiger partial charge in [0.1, 0.15) is 0 Å². The van der Waals surface area contributed by atoms with E-state index in [4.69, 9.17) is 4.74 Å². The van der Waals surface area contributed by atoms with Gasteiger partial charge in [-0.1, -0.05) is 0 Å². The molecule has 0 spiro atoms. The van der Waals surface area contributed by atoms with Crippen molar-refractivity contribution >= 4 is 11.8 Å². The number of hydrogen-bond donors (Lipinski definition) is 0. The van der Waals surface area contributed by atoms with Crippen molar-refractivity contribution in [1.82, 2.24) is 14.8 Å². The third-order valence-electron chi connectivity index (χ3n) is 5.96. The summed E-state index contributed by atoms with van der Waals surface area (Å²) in [5, 5.41) is 0. The average molecular weight is 371 g/mol. The quantitative estimate of drug-likeness (QED) is 0.815. The number of aryl methyl sites for hydroxylation is 1. The third kappa shape index (κ3) is 4.15. The Morgan fingerprint density at radius 1 is 1.11 bits per heavy atom. The molecule has 1 unspecified atom stereocenters. The van der Waals surface area contributed by atoms with Gasteiger partial charge in [-0.3, -0.25) is 14.6 Å². The van der Waals surface area contributed by atoms with Gasteiger partial charge in [0.25, 0.3) is 5.91 Å². The summed E-state index contributed by atoms with van der Waals surface area (Å²) in [6.07, 6.45) is 9.17. The number of pyridine rings is 1. The maximum absolute atomic E-state index is 13.1. The van der Waals surface area contributed by atoms with E-state index in [0.29, 0.717) is 18.0 Å². The summed E-state index contributed by atoms with van der Waals surface area (Å²) in [7, 11) is 0. The molecule has 146 valence electrons. The highest BCUT2D eigenvalue weighted by molar-refractivity contribution is 5.94. The van der Waals surface area contributed by atoms with Crippen molar-refractivity contribution in [3.05, 3.63) is 29.6 Å². The van der Waals surface area contributed by atoms with Crippen LogP contribution in [0.3, 0.4) is 0 Å². The minimum Gasteiger partial charge on any atom is -0.381 e. The first kappa shape index (κ1) is 18.4. The molecule has 1 aliphatic carbocycles. The fourth-order valence-electron chi connectivity index (χ4n) is 4.38. The number of amides is 2. The van der Waals surface area contributed by atoms with Gasteiger partial charge in [-0.25, -0.2) is 0 Å². The van der Waals surface area contributed by atoms with Gasteiger partial charge in [0.15, 0.2) is 0 Å². The molecule has 3 aliphatic rings. The van der Waals surface area contributed by atoms with Crippen LogP contribution in [-0.4, -0.2) is 65.0 Å². The van der Waals surface area contributed by atoms with E-state index >= 15 is 0 Å². The minimum atomic E-state index is 0.0294. The Morgan fingerprint density at radius 2 is 1.89 bits per heavy atom. The van der Waals surface area contributed by atoms with Gasteiger partial charge in [-0.15, -0.1) is 0 Å². The molecular formula is C21H29N3O3. The Kier molecular flexibility index (Phi) is 5.43. The molecule has 0 radical (unpaired) electrons. The molecule has 2 aliphatic heterocycles. The molecule has 2 amide bonds. The zero-order valence-electron chi connectivity index (χ0n) is 16.1. The molecule has 1 atom stereocenters. The molecule has 0 bridgehead atoms. The van der Waals surface area contributed by atoms with E-state index in [-0.39, 0.29) is 23.9 Å². The number of aromatic nitrogens is 1. The van der Waals surface area contributed by atoms with Crippen LogP contribution in [0.1, 0.15) is 54.4 Å². The molecule has 6 heteroatoms. The lowest BCUT2D eigenvalue weighted by atomic mass is 9.97. The molecule has 6 nitrogen and oxygen atoms in total. The number of carbonyl (C=O) groups excluding carboxylic acids is 2. The predicted molar refractivity (Wildman–Crippen MR) is 101 cm³/mol. The maximum atomic E-state index is 13.1. The molecule has 0 N–H and O–H groups in total.